The van der Waals surface area contributed by atoms with Gasteiger partial charge in [0, 0.05) is 18.8 Å². The van der Waals surface area contributed by atoms with E-state index in [1.54, 1.807) is 19.3 Å². The van der Waals surface area contributed by atoms with Crippen LogP contribution < -0.4 is 0 Å². The van der Waals surface area contributed by atoms with Gasteiger partial charge in [0.1, 0.15) is 5.82 Å². The maximum atomic E-state index is 8.98. The third-order valence-electron chi connectivity index (χ3n) is 1.15. The minimum atomic E-state index is -0.379. The van der Waals surface area contributed by atoms with Crippen LogP contribution in [0.1, 0.15) is 12.7 Å². The molecule has 1 unspecified atom stereocenters. The molecule has 0 fully saturated rings. The lowest BCUT2D eigenvalue weighted by molar-refractivity contribution is 0.193. The summed E-state index contributed by atoms with van der Waals surface area (Å²) in [6.45, 7) is 1.71. The first-order valence-corrected chi connectivity index (χ1v) is 4.12. The Bertz CT molecular complexity index is 222. The van der Waals surface area contributed by atoms with E-state index in [2.05, 4.69) is 25.9 Å². The second-order valence-electron chi connectivity index (χ2n) is 2.37. The molecule has 1 aromatic rings. The highest BCUT2D eigenvalue weighted by Crippen LogP contribution is 2.05. The van der Waals surface area contributed by atoms with Gasteiger partial charge in [0.15, 0.2) is 0 Å². The van der Waals surface area contributed by atoms with Crippen LogP contribution in [-0.4, -0.2) is 21.2 Å². The number of aliphatic hydroxyl groups excluding tert-OH is 1. The van der Waals surface area contributed by atoms with E-state index < -0.39 is 0 Å². The minimum Gasteiger partial charge on any atom is -0.393 e. The van der Waals surface area contributed by atoms with Crippen LogP contribution in [-0.2, 0) is 6.42 Å². The van der Waals surface area contributed by atoms with Gasteiger partial charge < -0.3 is 5.11 Å². The first-order chi connectivity index (χ1) is 5.18. The molecule has 0 aliphatic rings. The second-order valence-corrected chi connectivity index (χ2v) is 3.29. The van der Waals surface area contributed by atoms with Gasteiger partial charge in [-0.15, -0.1) is 0 Å². The first kappa shape index (κ1) is 8.62. The Labute approximate surface area is 73.6 Å². The number of rotatable bonds is 2. The van der Waals surface area contributed by atoms with E-state index in [1.165, 1.54) is 0 Å². The van der Waals surface area contributed by atoms with Crippen molar-refractivity contribution in [2.75, 3.05) is 0 Å². The Morgan fingerprint density at radius 2 is 2.09 bits per heavy atom. The van der Waals surface area contributed by atoms with E-state index in [1.807, 2.05) is 0 Å². The highest BCUT2D eigenvalue weighted by atomic mass is 79.9. The molecule has 0 radical (unpaired) electrons. The summed E-state index contributed by atoms with van der Waals surface area (Å²) in [7, 11) is 0. The van der Waals surface area contributed by atoms with E-state index in [0.717, 1.165) is 4.47 Å². The van der Waals surface area contributed by atoms with E-state index in [-0.39, 0.29) is 6.10 Å². The number of halogens is 1. The molecule has 11 heavy (non-hydrogen) atoms. The van der Waals surface area contributed by atoms with Gasteiger partial charge in [-0.05, 0) is 22.9 Å². The third-order valence-corrected chi connectivity index (χ3v) is 1.56. The maximum absolute atomic E-state index is 8.98. The Hall–Kier alpha value is -0.480. The Balaban J connectivity index is 2.66. The molecule has 4 heteroatoms. The van der Waals surface area contributed by atoms with E-state index in [0.29, 0.717) is 12.2 Å². The van der Waals surface area contributed by atoms with Crippen LogP contribution in [0.3, 0.4) is 0 Å². The van der Waals surface area contributed by atoms with Gasteiger partial charge in [0.2, 0.25) is 0 Å². The summed E-state index contributed by atoms with van der Waals surface area (Å²) >= 11 is 3.22. The number of hydrogen-bond acceptors (Lipinski definition) is 3. The standard InChI is InChI=1S/C7H9BrN2O/c1-5(11)2-7-9-3-6(8)4-10-7/h3-5,11H,2H2,1H3. The van der Waals surface area contributed by atoms with Crippen molar-refractivity contribution in [3.05, 3.63) is 22.7 Å². The molecule has 1 atom stereocenters. The molecule has 1 rings (SSSR count). The predicted octanol–water partition coefficient (Wildman–Crippen LogP) is 1.16. The average molecular weight is 217 g/mol. The van der Waals surface area contributed by atoms with Crippen LogP contribution in [0.2, 0.25) is 0 Å². The summed E-state index contributed by atoms with van der Waals surface area (Å²) in [5, 5.41) is 8.98. The zero-order valence-electron chi connectivity index (χ0n) is 6.16. The summed E-state index contributed by atoms with van der Waals surface area (Å²) < 4.78 is 0.854. The molecule has 0 saturated carbocycles. The lowest BCUT2D eigenvalue weighted by atomic mass is 10.3. The van der Waals surface area contributed by atoms with Crippen molar-refractivity contribution >= 4 is 15.9 Å². The van der Waals surface area contributed by atoms with Gasteiger partial charge in [0.25, 0.3) is 0 Å². The predicted molar refractivity (Wildman–Crippen MR) is 45.1 cm³/mol. The molecule has 60 valence electrons. The van der Waals surface area contributed by atoms with Crippen molar-refractivity contribution in [3.63, 3.8) is 0 Å². The van der Waals surface area contributed by atoms with Crippen molar-refractivity contribution in [2.24, 2.45) is 0 Å². The summed E-state index contributed by atoms with van der Waals surface area (Å²) in [5.41, 5.74) is 0. The van der Waals surface area contributed by atoms with Crippen molar-refractivity contribution in [1.82, 2.24) is 9.97 Å². The van der Waals surface area contributed by atoms with E-state index >= 15 is 0 Å². The van der Waals surface area contributed by atoms with Gasteiger partial charge in [-0.1, -0.05) is 0 Å². The van der Waals surface area contributed by atoms with Gasteiger partial charge in [0.05, 0.1) is 10.6 Å². The largest absolute Gasteiger partial charge is 0.393 e. The molecule has 0 aliphatic heterocycles. The zero-order valence-corrected chi connectivity index (χ0v) is 7.74. The van der Waals surface area contributed by atoms with Crippen molar-refractivity contribution in [1.29, 1.82) is 0 Å². The summed E-state index contributed by atoms with van der Waals surface area (Å²) in [6.07, 6.45) is 3.47. The van der Waals surface area contributed by atoms with Crippen LogP contribution in [0, 0.1) is 0 Å². The summed E-state index contributed by atoms with van der Waals surface area (Å²) in [6, 6.07) is 0. The lowest BCUT2D eigenvalue weighted by Gasteiger charge is -2.00. The Kier molecular flexibility index (Phi) is 2.96. The molecule has 0 spiro atoms. The fraction of sp³-hybridized carbons (Fsp3) is 0.429. The SMILES string of the molecule is CC(O)Cc1ncc(Br)cn1. The molecule has 1 aromatic heterocycles. The normalized spacial score (nSPS) is 13.0. The van der Waals surface area contributed by atoms with Crippen molar-refractivity contribution in [3.8, 4) is 0 Å². The topological polar surface area (TPSA) is 46.0 Å². The molecule has 0 amide bonds. The molecule has 0 aromatic carbocycles. The van der Waals surface area contributed by atoms with Crippen LogP contribution >= 0.6 is 15.9 Å². The van der Waals surface area contributed by atoms with Gasteiger partial charge in [-0.3, -0.25) is 0 Å². The molecular formula is C7H9BrN2O. The van der Waals surface area contributed by atoms with Crippen LogP contribution in [0.4, 0.5) is 0 Å². The number of hydrogen-bond donors (Lipinski definition) is 1. The molecular weight excluding hydrogens is 208 g/mol. The van der Waals surface area contributed by atoms with Crippen LogP contribution in [0.25, 0.3) is 0 Å². The lowest BCUT2D eigenvalue weighted by Crippen LogP contribution is -2.07. The van der Waals surface area contributed by atoms with E-state index in [4.69, 9.17) is 5.11 Å². The molecule has 1 N–H and O–H groups in total. The highest BCUT2D eigenvalue weighted by Gasteiger charge is 2.00. The van der Waals surface area contributed by atoms with Crippen LogP contribution in [0.15, 0.2) is 16.9 Å². The molecule has 0 saturated heterocycles. The van der Waals surface area contributed by atoms with Crippen molar-refractivity contribution in [2.45, 2.75) is 19.4 Å². The Morgan fingerprint density at radius 1 is 1.55 bits per heavy atom. The van der Waals surface area contributed by atoms with Gasteiger partial charge in [-0.25, -0.2) is 9.97 Å². The number of nitrogens with zero attached hydrogens (tertiary/aromatic N) is 2. The maximum Gasteiger partial charge on any atom is 0.130 e. The first-order valence-electron chi connectivity index (χ1n) is 3.33. The fourth-order valence-corrected chi connectivity index (χ4v) is 0.913. The monoisotopic (exact) mass is 216 g/mol. The fourth-order valence-electron chi connectivity index (χ4n) is 0.709. The highest BCUT2D eigenvalue weighted by molar-refractivity contribution is 9.10. The number of aromatic nitrogens is 2. The number of aliphatic hydroxyl groups is 1. The third kappa shape index (κ3) is 2.95. The molecule has 0 aliphatic carbocycles. The average Bonchev–Trinajstić information content (AvgIpc) is 1.93. The van der Waals surface area contributed by atoms with Crippen molar-refractivity contribution < 1.29 is 5.11 Å². The Morgan fingerprint density at radius 3 is 2.55 bits per heavy atom. The van der Waals surface area contributed by atoms with Gasteiger partial charge in [-0.2, -0.15) is 0 Å². The smallest absolute Gasteiger partial charge is 0.130 e. The summed E-state index contributed by atoms with van der Waals surface area (Å²) in [4.78, 5) is 8.00. The summed E-state index contributed by atoms with van der Waals surface area (Å²) in [5.74, 6) is 0.670. The van der Waals surface area contributed by atoms with Crippen LogP contribution in [0.5, 0.6) is 0 Å². The second kappa shape index (κ2) is 3.78. The minimum absolute atomic E-state index is 0.379. The molecule has 3 nitrogen and oxygen atoms in total. The van der Waals surface area contributed by atoms with E-state index in [9.17, 15) is 0 Å². The molecule has 0 bridgehead atoms. The molecule has 1 heterocycles. The zero-order chi connectivity index (χ0) is 8.27. The quantitative estimate of drug-likeness (QED) is 0.808. The van der Waals surface area contributed by atoms with Gasteiger partial charge >= 0.3 is 0 Å².